The van der Waals surface area contributed by atoms with E-state index < -0.39 is 11.8 Å². The van der Waals surface area contributed by atoms with Crippen LogP contribution in [-0.4, -0.2) is 24.2 Å². The third kappa shape index (κ3) is 3.93. The number of aliphatic carboxylic acids is 1. The van der Waals surface area contributed by atoms with Crippen LogP contribution in [0.4, 0.5) is 10.1 Å². The second-order valence-electron chi connectivity index (χ2n) is 3.32. The lowest BCUT2D eigenvalue weighted by Crippen LogP contribution is -2.26. The van der Waals surface area contributed by atoms with Crippen LogP contribution >= 0.6 is 11.6 Å². The van der Waals surface area contributed by atoms with Crippen LogP contribution in [0.25, 0.3) is 0 Å². The molecule has 1 rings (SSSR count). The molecule has 1 N–H and O–H groups in total. The van der Waals surface area contributed by atoms with E-state index in [2.05, 4.69) is 0 Å². The van der Waals surface area contributed by atoms with Gasteiger partial charge in [-0.3, -0.25) is 4.79 Å². The number of benzene rings is 1. The van der Waals surface area contributed by atoms with E-state index in [-0.39, 0.29) is 24.5 Å². The van der Waals surface area contributed by atoms with Crippen molar-refractivity contribution in [2.24, 2.45) is 0 Å². The van der Waals surface area contributed by atoms with E-state index in [4.69, 9.17) is 22.0 Å². The van der Waals surface area contributed by atoms with Crippen LogP contribution in [0.1, 0.15) is 6.42 Å². The Kier molecular flexibility index (Phi) is 4.73. The molecule has 6 heteroatoms. The smallest absolute Gasteiger partial charge is 0.305 e. The molecule has 0 unspecified atom stereocenters. The fourth-order valence-electron chi connectivity index (χ4n) is 1.30. The highest BCUT2D eigenvalue weighted by atomic mass is 35.5. The summed E-state index contributed by atoms with van der Waals surface area (Å²) in [5.41, 5.74) is 0.527. The summed E-state index contributed by atoms with van der Waals surface area (Å²) in [6, 6.07) is 5.93. The lowest BCUT2D eigenvalue weighted by molar-refractivity contribution is -0.136. The van der Waals surface area contributed by atoms with Crippen LogP contribution in [-0.2, 0) is 4.79 Å². The van der Waals surface area contributed by atoms with E-state index in [1.165, 1.54) is 23.1 Å². The highest BCUT2D eigenvalue weighted by molar-refractivity contribution is 6.31. The highest BCUT2D eigenvalue weighted by Crippen LogP contribution is 2.22. The molecule has 0 heterocycles. The van der Waals surface area contributed by atoms with Crippen molar-refractivity contribution in [1.82, 2.24) is 0 Å². The maximum absolute atomic E-state index is 13.0. The number of nitriles is 1. The summed E-state index contributed by atoms with van der Waals surface area (Å²) in [7, 11) is 0. The van der Waals surface area contributed by atoms with Gasteiger partial charge in [-0.15, -0.1) is 0 Å². The highest BCUT2D eigenvalue weighted by Gasteiger charge is 2.10. The molecule has 0 fully saturated rings. The standard InChI is InChI=1S/C11H10ClFN2O2/c12-9-7-8(1-2-10(9)13)15(6-4-14)5-3-11(16)17/h1-2,7H,3,5-6H2,(H,16,17). The Balaban J connectivity index is 2.85. The number of halogens is 2. The summed E-state index contributed by atoms with van der Waals surface area (Å²) >= 11 is 5.62. The Morgan fingerprint density at radius 3 is 2.82 bits per heavy atom. The lowest BCUT2D eigenvalue weighted by Gasteiger charge is -2.21. The fourth-order valence-corrected chi connectivity index (χ4v) is 1.47. The summed E-state index contributed by atoms with van der Waals surface area (Å²) in [5.74, 6) is -1.51. The zero-order valence-corrected chi connectivity index (χ0v) is 9.62. The van der Waals surface area contributed by atoms with Gasteiger partial charge in [0.15, 0.2) is 0 Å². The molecule has 90 valence electrons. The van der Waals surface area contributed by atoms with Gasteiger partial charge in [0, 0.05) is 12.2 Å². The number of nitrogens with zero attached hydrogens (tertiary/aromatic N) is 2. The number of carboxylic acid groups (broad SMARTS) is 1. The van der Waals surface area contributed by atoms with Gasteiger partial charge in [0.25, 0.3) is 0 Å². The molecule has 0 aliphatic heterocycles. The van der Waals surface area contributed by atoms with Crippen molar-refractivity contribution >= 4 is 23.3 Å². The summed E-state index contributed by atoms with van der Waals surface area (Å²) < 4.78 is 13.0. The lowest BCUT2D eigenvalue weighted by atomic mass is 10.2. The van der Waals surface area contributed by atoms with E-state index in [0.717, 1.165) is 0 Å². The molecule has 4 nitrogen and oxygen atoms in total. The van der Waals surface area contributed by atoms with Gasteiger partial charge in [-0.25, -0.2) is 4.39 Å². The summed E-state index contributed by atoms with van der Waals surface area (Å²) in [5, 5.41) is 17.2. The number of rotatable bonds is 5. The van der Waals surface area contributed by atoms with Crippen LogP contribution in [0.2, 0.25) is 5.02 Å². The SMILES string of the molecule is N#CCN(CCC(=O)O)c1ccc(F)c(Cl)c1. The zero-order chi connectivity index (χ0) is 12.8. The molecule has 1 aromatic carbocycles. The quantitative estimate of drug-likeness (QED) is 0.821. The Hall–Kier alpha value is -1.80. The first-order valence-electron chi connectivity index (χ1n) is 4.83. The van der Waals surface area contributed by atoms with Gasteiger partial charge in [0.2, 0.25) is 0 Å². The summed E-state index contributed by atoms with van der Waals surface area (Å²) in [6.07, 6.45) is -0.101. The predicted octanol–water partition coefficient (Wildman–Crippen LogP) is 2.28. The van der Waals surface area contributed by atoms with Gasteiger partial charge >= 0.3 is 5.97 Å². The van der Waals surface area contributed by atoms with Crippen LogP contribution in [0.5, 0.6) is 0 Å². The van der Waals surface area contributed by atoms with E-state index >= 15 is 0 Å². The first-order valence-corrected chi connectivity index (χ1v) is 5.21. The topological polar surface area (TPSA) is 64.3 Å². The van der Waals surface area contributed by atoms with Gasteiger partial charge in [0.1, 0.15) is 12.4 Å². The molecule has 0 aliphatic rings. The molecule has 1 aromatic rings. The monoisotopic (exact) mass is 256 g/mol. The maximum atomic E-state index is 13.0. The minimum atomic E-state index is -0.957. The van der Waals surface area contributed by atoms with Gasteiger partial charge in [-0.1, -0.05) is 11.6 Å². The number of hydrogen-bond donors (Lipinski definition) is 1. The van der Waals surface area contributed by atoms with Gasteiger partial charge in [0.05, 0.1) is 17.5 Å². The van der Waals surface area contributed by atoms with E-state index in [9.17, 15) is 9.18 Å². The van der Waals surface area contributed by atoms with Crippen molar-refractivity contribution < 1.29 is 14.3 Å². The molecule has 0 aliphatic carbocycles. The second-order valence-corrected chi connectivity index (χ2v) is 3.73. The predicted molar refractivity (Wildman–Crippen MR) is 61.5 cm³/mol. The van der Waals surface area contributed by atoms with Crippen LogP contribution < -0.4 is 4.90 Å². The van der Waals surface area contributed by atoms with Gasteiger partial charge in [-0.2, -0.15) is 5.26 Å². The van der Waals surface area contributed by atoms with Crippen LogP contribution in [0.3, 0.4) is 0 Å². The molecule has 0 saturated heterocycles. The Bertz CT molecular complexity index is 459. The minimum absolute atomic E-state index is 0.0231. The fraction of sp³-hybridized carbons (Fsp3) is 0.273. The molecular formula is C11H10ClFN2O2. The molecule has 0 saturated carbocycles. The summed E-state index contributed by atoms with van der Waals surface area (Å²) in [4.78, 5) is 12.0. The zero-order valence-electron chi connectivity index (χ0n) is 8.86. The number of hydrogen-bond acceptors (Lipinski definition) is 3. The van der Waals surface area contributed by atoms with Crippen molar-refractivity contribution in [1.29, 1.82) is 5.26 Å². The average molecular weight is 257 g/mol. The normalized spacial score (nSPS) is 9.71. The van der Waals surface area contributed by atoms with Crippen LogP contribution in [0.15, 0.2) is 18.2 Å². The van der Waals surface area contributed by atoms with E-state index in [1.54, 1.807) is 0 Å². The van der Waals surface area contributed by atoms with Gasteiger partial charge in [-0.05, 0) is 18.2 Å². The molecule has 0 atom stereocenters. The summed E-state index contributed by atoms with van der Waals surface area (Å²) in [6.45, 7) is 0.195. The first-order chi connectivity index (χ1) is 8.04. The van der Waals surface area contributed by atoms with Crippen molar-refractivity contribution in [2.75, 3.05) is 18.0 Å². The Morgan fingerprint density at radius 1 is 1.59 bits per heavy atom. The molecule has 0 amide bonds. The molecule has 0 spiro atoms. The number of carboxylic acids is 1. The molecule has 0 radical (unpaired) electrons. The van der Waals surface area contributed by atoms with E-state index in [1.807, 2.05) is 6.07 Å². The molecule has 0 aromatic heterocycles. The minimum Gasteiger partial charge on any atom is -0.481 e. The molecular weight excluding hydrogens is 247 g/mol. The average Bonchev–Trinajstić information content (AvgIpc) is 2.28. The van der Waals surface area contributed by atoms with Crippen molar-refractivity contribution in [3.8, 4) is 6.07 Å². The van der Waals surface area contributed by atoms with Gasteiger partial charge < -0.3 is 10.0 Å². The van der Waals surface area contributed by atoms with Crippen molar-refractivity contribution in [3.05, 3.63) is 29.0 Å². The second kappa shape index (κ2) is 6.06. The maximum Gasteiger partial charge on any atom is 0.305 e. The van der Waals surface area contributed by atoms with Crippen molar-refractivity contribution in [3.63, 3.8) is 0 Å². The van der Waals surface area contributed by atoms with Crippen LogP contribution in [0, 0.1) is 17.1 Å². The van der Waals surface area contributed by atoms with E-state index in [0.29, 0.717) is 5.69 Å². The Morgan fingerprint density at radius 2 is 2.29 bits per heavy atom. The Labute approximate surface area is 103 Å². The van der Waals surface area contributed by atoms with Crippen molar-refractivity contribution in [2.45, 2.75) is 6.42 Å². The number of anilines is 1. The molecule has 17 heavy (non-hydrogen) atoms. The third-order valence-corrected chi connectivity index (χ3v) is 2.42. The largest absolute Gasteiger partial charge is 0.481 e. The number of carbonyl (C=O) groups is 1. The first kappa shape index (κ1) is 13.3. The molecule has 0 bridgehead atoms. The third-order valence-electron chi connectivity index (χ3n) is 2.13.